The van der Waals surface area contributed by atoms with Crippen LogP contribution in [0, 0.1) is 0 Å². The fourth-order valence-electron chi connectivity index (χ4n) is 4.77. The predicted octanol–water partition coefficient (Wildman–Crippen LogP) is 2.68. The molecule has 3 unspecified atom stereocenters. The van der Waals surface area contributed by atoms with Crippen LogP contribution in [0.1, 0.15) is 66.9 Å². The van der Waals surface area contributed by atoms with Gasteiger partial charge in [-0.05, 0) is 62.6 Å². The first-order valence-corrected chi connectivity index (χ1v) is 9.61. The highest BCUT2D eigenvalue weighted by atomic mass is 16.2. The number of nitrogens with one attached hydrogen (secondary N) is 2. The van der Waals surface area contributed by atoms with Gasteiger partial charge in [-0.2, -0.15) is 0 Å². The van der Waals surface area contributed by atoms with E-state index in [2.05, 4.69) is 43.2 Å². The lowest BCUT2D eigenvalue weighted by Crippen LogP contribution is -2.49. The van der Waals surface area contributed by atoms with E-state index in [1.807, 2.05) is 6.07 Å². The van der Waals surface area contributed by atoms with Gasteiger partial charge in [0.15, 0.2) is 0 Å². The summed E-state index contributed by atoms with van der Waals surface area (Å²) in [5, 5.41) is 6.38. The minimum atomic E-state index is -0.386. The first-order chi connectivity index (χ1) is 12.4. The van der Waals surface area contributed by atoms with Crippen molar-refractivity contribution in [1.82, 2.24) is 15.5 Å². The molecule has 0 spiro atoms. The van der Waals surface area contributed by atoms with E-state index in [4.69, 9.17) is 0 Å². The number of benzene rings is 1. The molecule has 3 aliphatic heterocycles. The van der Waals surface area contributed by atoms with Crippen LogP contribution < -0.4 is 10.6 Å². The number of carbonyl (C=O) groups is 2. The average Bonchev–Trinajstić information content (AvgIpc) is 2.90. The zero-order valence-corrected chi connectivity index (χ0v) is 15.5. The topological polar surface area (TPSA) is 61.4 Å². The van der Waals surface area contributed by atoms with Gasteiger partial charge in [-0.3, -0.25) is 9.59 Å². The molecule has 5 nitrogen and oxygen atoms in total. The summed E-state index contributed by atoms with van der Waals surface area (Å²) in [5.41, 5.74) is 3.87. The van der Waals surface area contributed by atoms with Crippen LogP contribution in [0.25, 0.3) is 0 Å². The van der Waals surface area contributed by atoms with E-state index >= 15 is 0 Å². The molecule has 2 amide bonds. The lowest BCUT2D eigenvalue weighted by molar-refractivity contribution is -0.126. The van der Waals surface area contributed by atoms with Crippen LogP contribution in [0.3, 0.4) is 0 Å². The van der Waals surface area contributed by atoms with Gasteiger partial charge in [0.25, 0.3) is 5.91 Å². The third-order valence-corrected chi connectivity index (χ3v) is 5.98. The van der Waals surface area contributed by atoms with E-state index in [1.54, 1.807) is 4.90 Å². The Hall–Kier alpha value is -2.14. The molecule has 5 heteroatoms. The van der Waals surface area contributed by atoms with E-state index < -0.39 is 0 Å². The fourth-order valence-corrected chi connectivity index (χ4v) is 4.77. The van der Waals surface area contributed by atoms with Crippen molar-refractivity contribution in [3.8, 4) is 0 Å². The van der Waals surface area contributed by atoms with E-state index in [-0.39, 0.29) is 17.9 Å². The highest BCUT2D eigenvalue weighted by Gasteiger charge is 2.38. The zero-order valence-electron chi connectivity index (χ0n) is 15.5. The molecule has 0 saturated carbocycles. The van der Waals surface area contributed by atoms with Gasteiger partial charge in [-0.15, -0.1) is 0 Å². The van der Waals surface area contributed by atoms with Gasteiger partial charge in [0.1, 0.15) is 6.04 Å². The lowest BCUT2D eigenvalue weighted by Gasteiger charge is -2.33. The molecule has 2 fully saturated rings. The maximum absolute atomic E-state index is 12.8. The molecule has 26 heavy (non-hydrogen) atoms. The molecule has 3 atom stereocenters. The third-order valence-electron chi connectivity index (χ3n) is 5.98. The average molecular weight is 353 g/mol. The highest BCUT2D eigenvalue weighted by Crippen LogP contribution is 2.34. The second-order valence-electron chi connectivity index (χ2n) is 8.13. The minimum absolute atomic E-state index is 0.0220. The van der Waals surface area contributed by atoms with Crippen molar-refractivity contribution < 1.29 is 9.59 Å². The second-order valence-corrected chi connectivity index (χ2v) is 8.13. The van der Waals surface area contributed by atoms with Crippen molar-refractivity contribution >= 4 is 11.8 Å². The van der Waals surface area contributed by atoms with E-state index in [0.717, 1.165) is 36.1 Å². The normalized spacial score (nSPS) is 31.8. The summed E-state index contributed by atoms with van der Waals surface area (Å²) in [6.45, 7) is 8.82. The number of hydrogen-bond acceptors (Lipinski definition) is 3. The Labute approximate surface area is 154 Å². The summed E-state index contributed by atoms with van der Waals surface area (Å²) >= 11 is 0. The van der Waals surface area contributed by atoms with E-state index in [1.165, 1.54) is 5.56 Å². The molecule has 3 aliphatic rings. The number of carbonyl (C=O) groups excluding carboxylic acids is 2. The molecular weight excluding hydrogens is 326 g/mol. The molecule has 0 aliphatic carbocycles. The quantitative estimate of drug-likeness (QED) is 0.859. The number of amides is 2. The maximum atomic E-state index is 12.8. The lowest BCUT2D eigenvalue weighted by atomic mass is 9.83. The Morgan fingerprint density at radius 2 is 1.88 bits per heavy atom. The van der Waals surface area contributed by atoms with Gasteiger partial charge in [0.05, 0.1) is 0 Å². The highest BCUT2D eigenvalue weighted by molar-refractivity contribution is 6.01. The molecule has 3 heterocycles. The van der Waals surface area contributed by atoms with Gasteiger partial charge in [-0.25, -0.2) is 0 Å². The second kappa shape index (κ2) is 6.54. The van der Waals surface area contributed by atoms with Crippen LogP contribution >= 0.6 is 0 Å². The molecule has 2 saturated heterocycles. The Balaban J connectivity index is 1.55. The Morgan fingerprint density at radius 3 is 2.58 bits per heavy atom. The first kappa shape index (κ1) is 17.3. The predicted molar refractivity (Wildman–Crippen MR) is 101 cm³/mol. The van der Waals surface area contributed by atoms with Gasteiger partial charge < -0.3 is 15.5 Å². The van der Waals surface area contributed by atoms with Gasteiger partial charge >= 0.3 is 0 Å². The molecule has 0 aromatic heterocycles. The molecule has 2 N–H and O–H groups in total. The van der Waals surface area contributed by atoms with Crippen LogP contribution in [-0.2, 0) is 11.3 Å². The van der Waals surface area contributed by atoms with Crippen molar-refractivity contribution in [3.05, 3.63) is 47.2 Å². The summed E-state index contributed by atoms with van der Waals surface area (Å²) in [7, 11) is 0. The SMILES string of the molecule is C=C1CCC(N2Cc3cc(C4CC(C)NC(C)C4)ccc3C2=O)C(=O)N1. The van der Waals surface area contributed by atoms with Crippen LogP contribution in [0.2, 0.25) is 0 Å². The largest absolute Gasteiger partial charge is 0.329 e. The fraction of sp³-hybridized carbons (Fsp3) is 0.524. The van der Waals surface area contributed by atoms with Crippen LogP contribution in [0.5, 0.6) is 0 Å². The Bertz CT molecular complexity index is 763. The van der Waals surface area contributed by atoms with Crippen molar-refractivity contribution in [2.24, 2.45) is 0 Å². The van der Waals surface area contributed by atoms with Crippen molar-refractivity contribution in [1.29, 1.82) is 0 Å². The van der Waals surface area contributed by atoms with Crippen LogP contribution in [-0.4, -0.2) is 34.8 Å². The Morgan fingerprint density at radius 1 is 1.15 bits per heavy atom. The van der Waals surface area contributed by atoms with Crippen molar-refractivity contribution in [3.63, 3.8) is 0 Å². The molecule has 1 aromatic rings. The van der Waals surface area contributed by atoms with E-state index in [9.17, 15) is 9.59 Å². The zero-order chi connectivity index (χ0) is 18.4. The standard InChI is InChI=1S/C21H27N3O2/c1-12-4-7-19(20(25)23-12)24-11-17-10-15(5-6-18(17)21(24)26)16-8-13(2)22-14(3)9-16/h5-6,10,13-14,16,19,22H,1,4,7-9,11H2,2-3H3,(H,23,25). The van der Waals surface area contributed by atoms with Gasteiger partial charge in [-0.1, -0.05) is 18.7 Å². The minimum Gasteiger partial charge on any atom is -0.329 e. The number of allylic oxidation sites excluding steroid dienone is 1. The third kappa shape index (κ3) is 3.05. The first-order valence-electron chi connectivity index (χ1n) is 9.61. The number of fused-ring (bicyclic) bond motifs is 1. The molecule has 1 aromatic carbocycles. The van der Waals surface area contributed by atoms with Gasteiger partial charge in [0.2, 0.25) is 5.91 Å². The molecular formula is C21H27N3O2. The summed E-state index contributed by atoms with van der Waals surface area (Å²) in [5.74, 6) is 0.395. The van der Waals surface area contributed by atoms with Crippen molar-refractivity contribution in [2.75, 3.05) is 0 Å². The van der Waals surface area contributed by atoms with Crippen molar-refractivity contribution in [2.45, 2.75) is 70.1 Å². The molecule has 4 rings (SSSR count). The number of piperidine rings is 2. The Kier molecular flexibility index (Phi) is 4.35. The summed E-state index contributed by atoms with van der Waals surface area (Å²) in [4.78, 5) is 26.9. The van der Waals surface area contributed by atoms with Crippen LogP contribution in [0.4, 0.5) is 0 Å². The number of hydrogen-bond donors (Lipinski definition) is 2. The van der Waals surface area contributed by atoms with Gasteiger partial charge in [0, 0.05) is 29.9 Å². The summed E-state index contributed by atoms with van der Waals surface area (Å²) < 4.78 is 0. The smallest absolute Gasteiger partial charge is 0.255 e. The number of nitrogens with zero attached hydrogens (tertiary/aromatic N) is 1. The molecule has 138 valence electrons. The molecule has 0 bridgehead atoms. The van der Waals surface area contributed by atoms with Crippen LogP contribution in [0.15, 0.2) is 30.5 Å². The summed E-state index contributed by atoms with van der Waals surface area (Å²) in [6.07, 6.45) is 3.62. The summed E-state index contributed by atoms with van der Waals surface area (Å²) in [6, 6.07) is 6.90. The molecule has 0 radical (unpaired) electrons. The maximum Gasteiger partial charge on any atom is 0.255 e. The van der Waals surface area contributed by atoms with E-state index in [0.29, 0.717) is 31.0 Å². The monoisotopic (exact) mass is 353 g/mol. The number of rotatable bonds is 2.